The molecule has 0 aliphatic carbocycles. The first kappa shape index (κ1) is 18.2. The van der Waals surface area contributed by atoms with Gasteiger partial charge in [0.2, 0.25) is 5.88 Å². The van der Waals surface area contributed by atoms with Crippen molar-refractivity contribution in [2.24, 2.45) is 7.05 Å². The lowest BCUT2D eigenvalue weighted by Gasteiger charge is -2.28. The highest BCUT2D eigenvalue weighted by molar-refractivity contribution is 5.96. The summed E-state index contributed by atoms with van der Waals surface area (Å²) in [5, 5.41) is 15.1. The maximum absolute atomic E-state index is 13.0. The van der Waals surface area contributed by atoms with Gasteiger partial charge in [0, 0.05) is 32.2 Å². The second-order valence-electron chi connectivity index (χ2n) is 6.60. The fourth-order valence-electron chi connectivity index (χ4n) is 3.34. The summed E-state index contributed by atoms with van der Waals surface area (Å²) in [5.74, 6) is 0.746. The molecule has 1 N–H and O–H groups in total. The molecule has 0 saturated heterocycles. The second-order valence-corrected chi connectivity index (χ2v) is 6.60. The molecule has 1 amide bonds. The molecule has 1 aliphatic rings. The number of carbonyl (C=O) groups excluding carboxylic acids is 1. The van der Waals surface area contributed by atoms with Gasteiger partial charge >= 0.3 is 0 Å². The number of rotatable bonds is 5. The Balaban J connectivity index is 1.55. The summed E-state index contributed by atoms with van der Waals surface area (Å²) >= 11 is 0. The smallest absolute Gasteiger partial charge is 0.259 e. The fraction of sp³-hybridized carbons (Fsp3) is 0.368. The number of amides is 1. The van der Waals surface area contributed by atoms with Gasteiger partial charge in [0.1, 0.15) is 11.4 Å². The lowest BCUT2D eigenvalue weighted by Crippen LogP contribution is -2.38. The summed E-state index contributed by atoms with van der Waals surface area (Å²) in [5.41, 5.74) is 1.84. The summed E-state index contributed by atoms with van der Waals surface area (Å²) in [6, 6.07) is 5.28. The van der Waals surface area contributed by atoms with E-state index in [1.807, 2.05) is 24.7 Å². The van der Waals surface area contributed by atoms with Crippen LogP contribution < -0.4 is 4.74 Å². The zero-order valence-electron chi connectivity index (χ0n) is 15.8. The molecular formula is C19H22N6O3. The van der Waals surface area contributed by atoms with Crippen molar-refractivity contribution in [1.82, 2.24) is 29.2 Å². The first-order valence-electron chi connectivity index (χ1n) is 9.17. The van der Waals surface area contributed by atoms with E-state index >= 15 is 0 Å². The van der Waals surface area contributed by atoms with E-state index in [2.05, 4.69) is 15.1 Å². The van der Waals surface area contributed by atoms with Crippen LogP contribution in [0.4, 0.5) is 0 Å². The highest BCUT2D eigenvalue weighted by Gasteiger charge is 2.27. The summed E-state index contributed by atoms with van der Waals surface area (Å²) < 4.78 is 9.08. The van der Waals surface area contributed by atoms with Crippen LogP contribution in [0.1, 0.15) is 40.6 Å². The number of nitrogens with zero attached hydrogens (tertiary/aromatic N) is 6. The Morgan fingerprint density at radius 2 is 2.18 bits per heavy atom. The Morgan fingerprint density at radius 1 is 1.32 bits per heavy atom. The van der Waals surface area contributed by atoms with Gasteiger partial charge in [-0.2, -0.15) is 5.10 Å². The van der Waals surface area contributed by atoms with Gasteiger partial charge in [-0.1, -0.05) is 0 Å². The molecule has 9 nitrogen and oxygen atoms in total. The number of aliphatic hydroxyl groups is 1. The number of hydrogen-bond donors (Lipinski definition) is 1. The van der Waals surface area contributed by atoms with Gasteiger partial charge in [0.05, 0.1) is 31.1 Å². The van der Waals surface area contributed by atoms with E-state index in [4.69, 9.17) is 4.74 Å². The topological polar surface area (TPSA) is 98.3 Å². The molecule has 4 heterocycles. The molecule has 28 heavy (non-hydrogen) atoms. The molecule has 4 rings (SSSR count). The molecule has 146 valence electrons. The third-order valence-electron chi connectivity index (χ3n) is 4.77. The minimum Gasteiger partial charge on any atom is -0.477 e. The quantitative estimate of drug-likeness (QED) is 0.711. The third-order valence-corrected chi connectivity index (χ3v) is 4.77. The van der Waals surface area contributed by atoms with Crippen molar-refractivity contribution >= 4 is 5.91 Å². The predicted molar refractivity (Wildman–Crippen MR) is 99.6 cm³/mol. The Hall–Kier alpha value is -3.20. The van der Waals surface area contributed by atoms with Crippen LogP contribution in [-0.2, 0) is 20.1 Å². The number of ether oxygens (including phenoxy) is 1. The van der Waals surface area contributed by atoms with Gasteiger partial charge in [-0.3, -0.25) is 9.48 Å². The lowest BCUT2D eigenvalue weighted by atomic mass is 10.2. The number of fused-ring (bicyclic) bond motifs is 1. The van der Waals surface area contributed by atoms with Crippen molar-refractivity contribution in [2.75, 3.05) is 13.2 Å². The van der Waals surface area contributed by atoms with E-state index in [1.165, 1.54) is 0 Å². The first-order chi connectivity index (χ1) is 13.6. The molecule has 0 aromatic carbocycles. The Bertz CT molecular complexity index is 995. The molecule has 0 bridgehead atoms. The number of carbonyl (C=O) groups is 1. The Morgan fingerprint density at radius 3 is 2.93 bits per heavy atom. The van der Waals surface area contributed by atoms with E-state index in [-0.39, 0.29) is 5.91 Å². The molecule has 1 atom stereocenters. The van der Waals surface area contributed by atoms with Crippen LogP contribution in [0.2, 0.25) is 0 Å². The number of aliphatic hydroxyl groups excluding tert-OH is 1. The lowest BCUT2D eigenvalue weighted by molar-refractivity contribution is 0.0700. The molecule has 0 unspecified atom stereocenters. The highest BCUT2D eigenvalue weighted by atomic mass is 16.5. The van der Waals surface area contributed by atoms with Gasteiger partial charge < -0.3 is 19.3 Å². The second kappa shape index (κ2) is 7.43. The molecule has 9 heteroatoms. The SMILES string of the molecule is CCOc1ncccc1C(=O)N1CCn2nc([C@H](O)c3nccn3C)cc2C1. The average molecular weight is 382 g/mol. The van der Waals surface area contributed by atoms with E-state index in [9.17, 15) is 9.90 Å². The standard InChI is InChI=1S/C19H22N6O3/c1-3-28-18-14(5-4-6-21-18)19(27)24-9-10-25-13(12-24)11-15(22-25)16(26)17-20-7-8-23(17)2/h4-8,11,16,26H,3,9-10,12H2,1-2H3/t16-/m0/s1. The van der Waals surface area contributed by atoms with E-state index in [0.717, 1.165) is 5.69 Å². The van der Waals surface area contributed by atoms with Crippen molar-refractivity contribution < 1.29 is 14.6 Å². The van der Waals surface area contributed by atoms with Crippen molar-refractivity contribution in [2.45, 2.75) is 26.1 Å². The summed E-state index contributed by atoms with van der Waals surface area (Å²) in [7, 11) is 1.83. The van der Waals surface area contributed by atoms with Crippen molar-refractivity contribution in [3.05, 3.63) is 59.6 Å². The first-order valence-corrected chi connectivity index (χ1v) is 9.17. The third kappa shape index (κ3) is 3.24. The van der Waals surface area contributed by atoms with Crippen molar-refractivity contribution in [1.29, 1.82) is 0 Å². The van der Waals surface area contributed by atoms with Gasteiger partial charge in [-0.25, -0.2) is 9.97 Å². The van der Waals surface area contributed by atoms with E-state index in [0.29, 0.717) is 49.2 Å². The monoisotopic (exact) mass is 382 g/mol. The number of imidazole rings is 1. The van der Waals surface area contributed by atoms with Crippen LogP contribution in [0.15, 0.2) is 36.8 Å². The van der Waals surface area contributed by atoms with Crippen LogP contribution in [0, 0.1) is 0 Å². The molecule has 0 spiro atoms. The molecule has 3 aromatic rings. The Labute approximate surface area is 162 Å². The van der Waals surface area contributed by atoms with Gasteiger partial charge in [0.15, 0.2) is 6.10 Å². The molecule has 1 aliphatic heterocycles. The summed E-state index contributed by atoms with van der Waals surface area (Å²) in [6.45, 7) is 3.78. The number of aryl methyl sites for hydroxylation is 1. The van der Waals surface area contributed by atoms with Crippen LogP contribution >= 0.6 is 0 Å². The maximum Gasteiger partial charge on any atom is 0.259 e. The maximum atomic E-state index is 13.0. The van der Waals surface area contributed by atoms with Gasteiger partial charge in [-0.15, -0.1) is 0 Å². The minimum atomic E-state index is -0.912. The summed E-state index contributed by atoms with van der Waals surface area (Å²) in [6.07, 6.45) is 4.11. The predicted octanol–water partition coefficient (Wildman–Crippen LogP) is 1.15. The van der Waals surface area contributed by atoms with Gasteiger partial charge in [-0.05, 0) is 25.1 Å². The molecule has 0 fully saturated rings. The molecule has 0 radical (unpaired) electrons. The van der Waals surface area contributed by atoms with Crippen molar-refractivity contribution in [3.63, 3.8) is 0 Å². The number of hydrogen-bond acceptors (Lipinski definition) is 6. The zero-order chi connectivity index (χ0) is 19.7. The van der Waals surface area contributed by atoms with Crippen LogP contribution in [0.3, 0.4) is 0 Å². The van der Waals surface area contributed by atoms with Gasteiger partial charge in [0.25, 0.3) is 5.91 Å². The van der Waals surface area contributed by atoms with Crippen LogP contribution in [0.25, 0.3) is 0 Å². The molecular weight excluding hydrogens is 360 g/mol. The average Bonchev–Trinajstić information content (AvgIpc) is 3.33. The largest absolute Gasteiger partial charge is 0.477 e. The normalized spacial score (nSPS) is 14.6. The van der Waals surface area contributed by atoms with E-state index in [1.54, 1.807) is 40.2 Å². The fourth-order valence-corrected chi connectivity index (χ4v) is 3.34. The number of pyridine rings is 1. The van der Waals surface area contributed by atoms with Crippen molar-refractivity contribution in [3.8, 4) is 5.88 Å². The highest BCUT2D eigenvalue weighted by Crippen LogP contribution is 2.24. The van der Waals surface area contributed by atoms with E-state index < -0.39 is 6.10 Å². The van der Waals surface area contributed by atoms with Crippen LogP contribution in [-0.4, -0.2) is 53.4 Å². The minimum absolute atomic E-state index is 0.129. The number of aromatic nitrogens is 5. The van der Waals surface area contributed by atoms with Crippen LogP contribution in [0.5, 0.6) is 5.88 Å². The molecule has 3 aromatic heterocycles. The molecule has 0 saturated carbocycles. The zero-order valence-corrected chi connectivity index (χ0v) is 15.8. The Kier molecular flexibility index (Phi) is 4.82. The summed E-state index contributed by atoms with van der Waals surface area (Å²) in [4.78, 5) is 23.1.